The topological polar surface area (TPSA) is 102 Å². The maximum atomic E-state index is 12.2. The molecule has 0 spiro atoms. The maximum Gasteiger partial charge on any atom is 0.251 e. The zero-order chi connectivity index (χ0) is 18.6. The first kappa shape index (κ1) is 18.5. The number of methoxy groups -OCH3 is 1. The van der Waals surface area contributed by atoms with Crippen LogP contribution in [0.5, 0.6) is 0 Å². The van der Waals surface area contributed by atoms with Gasteiger partial charge in [-0.05, 0) is 24.3 Å². The molecule has 0 fully saturated rings. The summed E-state index contributed by atoms with van der Waals surface area (Å²) in [5, 5.41) is 4.71. The molecule has 0 aliphatic carbocycles. The van der Waals surface area contributed by atoms with E-state index in [0.717, 1.165) is 10.7 Å². The average molecular weight is 394 g/mol. The summed E-state index contributed by atoms with van der Waals surface area (Å²) >= 11 is 1.52. The van der Waals surface area contributed by atoms with Gasteiger partial charge in [-0.3, -0.25) is 9.20 Å². The second-order valence-corrected chi connectivity index (χ2v) is 8.06. The van der Waals surface area contributed by atoms with Crippen LogP contribution < -0.4 is 10.0 Å². The first-order valence-corrected chi connectivity index (χ1v) is 10.1. The quantitative estimate of drug-likeness (QED) is 0.560. The molecule has 3 rings (SSSR count). The largest absolute Gasteiger partial charge is 0.383 e. The van der Waals surface area contributed by atoms with Crippen molar-refractivity contribution < 1.29 is 17.9 Å². The highest BCUT2D eigenvalue weighted by molar-refractivity contribution is 7.89. The van der Waals surface area contributed by atoms with E-state index >= 15 is 0 Å². The smallest absolute Gasteiger partial charge is 0.251 e. The number of benzene rings is 1. The van der Waals surface area contributed by atoms with Crippen molar-refractivity contribution in [1.29, 1.82) is 0 Å². The van der Waals surface area contributed by atoms with E-state index in [0.29, 0.717) is 12.1 Å². The lowest BCUT2D eigenvalue weighted by molar-refractivity contribution is 0.0950. The van der Waals surface area contributed by atoms with Gasteiger partial charge in [-0.15, -0.1) is 11.3 Å². The third-order valence-electron chi connectivity index (χ3n) is 3.60. The Morgan fingerprint density at radius 1 is 1.31 bits per heavy atom. The zero-order valence-electron chi connectivity index (χ0n) is 14.0. The van der Waals surface area contributed by atoms with Crippen LogP contribution in [-0.4, -0.2) is 44.0 Å². The molecule has 2 N–H and O–H groups in total. The van der Waals surface area contributed by atoms with Crippen molar-refractivity contribution in [1.82, 2.24) is 19.4 Å². The van der Waals surface area contributed by atoms with Crippen LogP contribution in [0.15, 0.2) is 46.9 Å². The van der Waals surface area contributed by atoms with Crippen LogP contribution in [0.4, 0.5) is 0 Å². The van der Waals surface area contributed by atoms with E-state index in [4.69, 9.17) is 4.74 Å². The van der Waals surface area contributed by atoms with E-state index in [2.05, 4.69) is 15.0 Å². The van der Waals surface area contributed by atoms with E-state index in [9.17, 15) is 13.2 Å². The number of hydrogen-bond donors (Lipinski definition) is 2. The molecule has 0 radical (unpaired) electrons. The highest BCUT2D eigenvalue weighted by atomic mass is 32.2. The van der Waals surface area contributed by atoms with Gasteiger partial charge < -0.3 is 10.1 Å². The Kier molecular flexibility index (Phi) is 5.67. The molecule has 1 amide bonds. The van der Waals surface area contributed by atoms with Gasteiger partial charge in [-0.1, -0.05) is 0 Å². The molecule has 26 heavy (non-hydrogen) atoms. The molecular weight excluding hydrogens is 376 g/mol. The van der Waals surface area contributed by atoms with Crippen LogP contribution in [0.1, 0.15) is 16.1 Å². The summed E-state index contributed by atoms with van der Waals surface area (Å²) in [6.45, 7) is 0.764. The molecule has 0 bridgehead atoms. The number of aromatic nitrogens is 2. The van der Waals surface area contributed by atoms with E-state index in [1.165, 1.54) is 42.7 Å². The first-order valence-electron chi connectivity index (χ1n) is 7.77. The Balaban J connectivity index is 1.60. The number of sulfonamides is 1. The van der Waals surface area contributed by atoms with E-state index < -0.39 is 10.0 Å². The Hall–Kier alpha value is -2.27. The second kappa shape index (κ2) is 7.96. The Morgan fingerprint density at radius 3 is 2.77 bits per heavy atom. The minimum atomic E-state index is -3.61. The predicted octanol–water partition coefficient (Wildman–Crippen LogP) is 1.25. The number of nitrogens with one attached hydrogen (secondary N) is 2. The summed E-state index contributed by atoms with van der Waals surface area (Å²) in [7, 11) is -2.12. The van der Waals surface area contributed by atoms with E-state index in [1.807, 2.05) is 22.2 Å². The number of thiazole rings is 1. The molecule has 0 aliphatic heterocycles. The first-order chi connectivity index (χ1) is 12.5. The number of hydrogen-bond acceptors (Lipinski definition) is 6. The fraction of sp³-hybridized carbons (Fsp3) is 0.250. The van der Waals surface area contributed by atoms with Gasteiger partial charge >= 0.3 is 0 Å². The average Bonchev–Trinajstić information content (AvgIpc) is 3.21. The third-order valence-corrected chi connectivity index (χ3v) is 5.85. The summed E-state index contributed by atoms with van der Waals surface area (Å²) in [6.07, 6.45) is 3.76. The number of rotatable bonds is 8. The number of carbonyl (C=O) groups excluding carboxylic acids is 1. The fourth-order valence-corrected chi connectivity index (χ4v) is 4.01. The second-order valence-electron chi connectivity index (χ2n) is 5.42. The fourth-order valence-electron chi connectivity index (χ4n) is 2.28. The zero-order valence-corrected chi connectivity index (χ0v) is 15.6. The van der Waals surface area contributed by atoms with Gasteiger partial charge in [0.15, 0.2) is 4.96 Å². The van der Waals surface area contributed by atoms with Crippen LogP contribution in [0, 0.1) is 0 Å². The lowest BCUT2D eigenvalue weighted by Crippen LogP contribution is -2.27. The highest BCUT2D eigenvalue weighted by Crippen LogP contribution is 2.12. The third kappa shape index (κ3) is 4.28. The molecule has 1 aromatic carbocycles. The van der Waals surface area contributed by atoms with Gasteiger partial charge in [-0.2, -0.15) is 0 Å². The number of ether oxygens (including phenoxy) is 1. The number of nitrogens with zero attached hydrogens (tertiary/aromatic N) is 2. The lowest BCUT2D eigenvalue weighted by atomic mass is 10.2. The van der Waals surface area contributed by atoms with Gasteiger partial charge in [0.05, 0.1) is 23.7 Å². The summed E-state index contributed by atoms with van der Waals surface area (Å²) in [5.74, 6) is -0.294. The Labute approximate surface area is 154 Å². The predicted molar refractivity (Wildman–Crippen MR) is 97.7 cm³/mol. The molecule has 3 aromatic rings. The molecule has 8 nitrogen and oxygen atoms in total. The van der Waals surface area contributed by atoms with Crippen molar-refractivity contribution in [3.05, 3.63) is 53.3 Å². The monoisotopic (exact) mass is 394 g/mol. The van der Waals surface area contributed by atoms with Crippen molar-refractivity contribution in [2.24, 2.45) is 0 Å². The van der Waals surface area contributed by atoms with Crippen LogP contribution in [0.25, 0.3) is 4.96 Å². The number of fused-ring (bicyclic) bond motifs is 1. The van der Waals surface area contributed by atoms with Gasteiger partial charge in [0, 0.05) is 37.0 Å². The molecular formula is C16H18N4O4S2. The minimum absolute atomic E-state index is 0.0968. The summed E-state index contributed by atoms with van der Waals surface area (Å²) in [5.41, 5.74) is 1.13. The maximum absolute atomic E-state index is 12.2. The summed E-state index contributed by atoms with van der Waals surface area (Å²) < 4.78 is 33.3. The van der Waals surface area contributed by atoms with Crippen LogP contribution in [-0.2, 0) is 21.3 Å². The van der Waals surface area contributed by atoms with Gasteiger partial charge in [-0.25, -0.2) is 18.1 Å². The number of carbonyl (C=O) groups is 1. The minimum Gasteiger partial charge on any atom is -0.383 e. The van der Waals surface area contributed by atoms with Gasteiger partial charge in [0.25, 0.3) is 5.91 Å². The molecule has 0 saturated heterocycles. The van der Waals surface area contributed by atoms with Crippen LogP contribution in [0.2, 0.25) is 0 Å². The van der Waals surface area contributed by atoms with Crippen LogP contribution in [0.3, 0.4) is 0 Å². The van der Waals surface area contributed by atoms with E-state index in [-0.39, 0.29) is 24.0 Å². The number of imidazole rings is 1. The normalized spacial score (nSPS) is 11.7. The summed E-state index contributed by atoms with van der Waals surface area (Å²) in [6, 6.07) is 5.76. The molecule has 0 saturated carbocycles. The Bertz CT molecular complexity index is 964. The highest BCUT2D eigenvalue weighted by Gasteiger charge is 2.14. The molecule has 0 unspecified atom stereocenters. The molecule has 0 atom stereocenters. The molecule has 10 heteroatoms. The van der Waals surface area contributed by atoms with Crippen LogP contribution >= 0.6 is 11.3 Å². The van der Waals surface area contributed by atoms with Crippen molar-refractivity contribution in [2.45, 2.75) is 11.4 Å². The SMILES string of the molecule is COCCNS(=O)(=O)c1ccc(C(=O)NCc2cn3ccsc3n2)cc1. The number of amides is 1. The standard InChI is InChI=1S/C16H18N4O4S2/c1-24-8-6-18-26(22,23)14-4-2-12(3-5-14)15(21)17-10-13-11-20-7-9-25-16(20)19-13/h2-5,7,9,11,18H,6,8,10H2,1H3,(H,17,21). The van der Waals surface area contributed by atoms with Crippen molar-refractivity contribution in [3.63, 3.8) is 0 Å². The Morgan fingerprint density at radius 2 is 2.08 bits per heavy atom. The molecule has 138 valence electrons. The summed E-state index contributed by atoms with van der Waals surface area (Å²) in [4.78, 5) is 17.6. The van der Waals surface area contributed by atoms with Crippen molar-refractivity contribution in [3.8, 4) is 0 Å². The molecule has 2 heterocycles. The van der Waals surface area contributed by atoms with Gasteiger partial charge in [0.2, 0.25) is 10.0 Å². The molecule has 0 aliphatic rings. The molecule has 2 aromatic heterocycles. The van der Waals surface area contributed by atoms with E-state index in [1.54, 1.807) is 0 Å². The lowest BCUT2D eigenvalue weighted by Gasteiger charge is -2.07. The van der Waals surface area contributed by atoms with Crippen molar-refractivity contribution in [2.75, 3.05) is 20.3 Å². The van der Waals surface area contributed by atoms with Crippen molar-refractivity contribution >= 4 is 32.2 Å². The van der Waals surface area contributed by atoms with Gasteiger partial charge in [0.1, 0.15) is 0 Å².